The maximum atomic E-state index is 11.3. The van der Waals surface area contributed by atoms with Gasteiger partial charge >= 0.3 is 12.1 Å². The number of aliphatic carboxylic acids is 1. The summed E-state index contributed by atoms with van der Waals surface area (Å²) < 4.78 is 0. The van der Waals surface area contributed by atoms with Crippen LogP contribution in [0.5, 0.6) is 0 Å². The van der Waals surface area contributed by atoms with Crippen LogP contribution in [0.15, 0.2) is 11.6 Å². The first-order chi connectivity index (χ1) is 8.84. The first-order valence-electron chi connectivity index (χ1n) is 5.76. The molecular formula is C12H17N3O4. The van der Waals surface area contributed by atoms with Crippen LogP contribution in [0.1, 0.15) is 24.7 Å². The number of nitrogens with zero attached hydrogens (tertiary/aromatic N) is 2. The van der Waals surface area contributed by atoms with E-state index in [9.17, 15) is 14.7 Å². The van der Waals surface area contributed by atoms with Crippen molar-refractivity contribution in [2.45, 2.75) is 27.2 Å². The Labute approximate surface area is 110 Å². The van der Waals surface area contributed by atoms with E-state index in [0.29, 0.717) is 23.5 Å². The lowest BCUT2D eigenvalue weighted by atomic mass is 10.2. The summed E-state index contributed by atoms with van der Waals surface area (Å²) in [7, 11) is 0. The first kappa shape index (κ1) is 14.7. The number of aryl methyl sites for hydroxylation is 2. The van der Waals surface area contributed by atoms with Gasteiger partial charge in [0, 0.05) is 12.1 Å². The number of aromatic nitrogens is 2. The minimum Gasteiger partial charge on any atom is -0.478 e. The molecule has 0 radical (unpaired) electrons. The Balaban J connectivity index is 2.84. The van der Waals surface area contributed by atoms with Crippen LogP contribution in [-0.2, 0) is 4.79 Å². The second kappa shape index (κ2) is 6.03. The van der Waals surface area contributed by atoms with Crippen LogP contribution in [-0.4, -0.2) is 39.0 Å². The van der Waals surface area contributed by atoms with Crippen molar-refractivity contribution in [2.75, 3.05) is 11.4 Å². The Bertz CT molecular complexity index is 500. The summed E-state index contributed by atoms with van der Waals surface area (Å²) in [6.45, 7) is 5.11. The molecule has 0 atom stereocenters. The third-order valence-corrected chi connectivity index (χ3v) is 2.73. The van der Waals surface area contributed by atoms with Crippen molar-refractivity contribution in [3.05, 3.63) is 23.0 Å². The SMILES string of the molecule is CC(=CCCN(C(=O)O)c1c(C)n[nH]c1C)C(=O)O. The van der Waals surface area contributed by atoms with Crippen LogP contribution in [0.4, 0.5) is 10.5 Å². The molecule has 7 heteroatoms. The van der Waals surface area contributed by atoms with Gasteiger partial charge < -0.3 is 10.2 Å². The molecule has 1 rings (SSSR count). The number of carbonyl (C=O) groups is 2. The lowest BCUT2D eigenvalue weighted by molar-refractivity contribution is -0.132. The molecule has 1 aromatic heterocycles. The molecule has 1 heterocycles. The van der Waals surface area contributed by atoms with Gasteiger partial charge in [-0.2, -0.15) is 5.10 Å². The second-order valence-corrected chi connectivity index (χ2v) is 4.20. The van der Waals surface area contributed by atoms with Crippen molar-refractivity contribution < 1.29 is 19.8 Å². The highest BCUT2D eigenvalue weighted by Gasteiger charge is 2.20. The second-order valence-electron chi connectivity index (χ2n) is 4.20. The monoisotopic (exact) mass is 267 g/mol. The van der Waals surface area contributed by atoms with Gasteiger partial charge in [-0.15, -0.1) is 0 Å². The molecule has 0 saturated heterocycles. The summed E-state index contributed by atoms with van der Waals surface area (Å²) in [5, 5.41) is 24.6. The minimum absolute atomic E-state index is 0.182. The topological polar surface area (TPSA) is 107 Å². The first-order valence-corrected chi connectivity index (χ1v) is 5.76. The normalized spacial score (nSPS) is 11.4. The summed E-state index contributed by atoms with van der Waals surface area (Å²) in [5.41, 5.74) is 1.98. The smallest absolute Gasteiger partial charge is 0.411 e. The maximum absolute atomic E-state index is 11.3. The average Bonchev–Trinajstić information content (AvgIpc) is 2.64. The Hall–Kier alpha value is -2.31. The van der Waals surface area contributed by atoms with Gasteiger partial charge in [0.05, 0.1) is 17.1 Å². The Morgan fingerprint density at radius 3 is 2.42 bits per heavy atom. The quantitative estimate of drug-likeness (QED) is 0.707. The van der Waals surface area contributed by atoms with E-state index in [1.165, 1.54) is 17.9 Å². The molecular weight excluding hydrogens is 250 g/mol. The molecule has 0 aromatic carbocycles. The molecule has 1 amide bonds. The molecule has 0 unspecified atom stereocenters. The van der Waals surface area contributed by atoms with E-state index >= 15 is 0 Å². The highest BCUT2D eigenvalue weighted by Crippen LogP contribution is 2.22. The minimum atomic E-state index is -1.09. The van der Waals surface area contributed by atoms with Crippen LogP contribution in [0.3, 0.4) is 0 Å². The fourth-order valence-electron chi connectivity index (χ4n) is 1.74. The molecule has 0 aliphatic rings. The van der Waals surface area contributed by atoms with Crippen molar-refractivity contribution in [2.24, 2.45) is 0 Å². The molecule has 0 bridgehead atoms. The maximum Gasteiger partial charge on any atom is 0.411 e. The van der Waals surface area contributed by atoms with E-state index in [1.807, 2.05) is 0 Å². The number of nitrogens with one attached hydrogen (secondary N) is 1. The number of rotatable bonds is 5. The summed E-state index contributed by atoms with van der Waals surface area (Å²) >= 11 is 0. The molecule has 0 fully saturated rings. The standard InChI is InChI=1S/C12H17N3O4/c1-7(11(16)17)5-4-6-15(12(18)19)10-8(2)13-14-9(10)3/h5H,4,6H2,1-3H3,(H,13,14)(H,16,17)(H,18,19). The van der Waals surface area contributed by atoms with Crippen LogP contribution >= 0.6 is 0 Å². The van der Waals surface area contributed by atoms with E-state index in [0.717, 1.165) is 0 Å². The van der Waals surface area contributed by atoms with E-state index in [2.05, 4.69) is 10.2 Å². The zero-order valence-electron chi connectivity index (χ0n) is 11.1. The number of H-pyrrole nitrogens is 1. The largest absolute Gasteiger partial charge is 0.478 e. The highest BCUT2D eigenvalue weighted by molar-refractivity contribution is 5.88. The Kier molecular flexibility index (Phi) is 4.68. The number of aromatic amines is 1. The molecule has 7 nitrogen and oxygen atoms in total. The number of hydrogen-bond acceptors (Lipinski definition) is 3. The van der Waals surface area contributed by atoms with E-state index in [1.54, 1.807) is 13.8 Å². The zero-order chi connectivity index (χ0) is 14.6. The number of carboxylic acid groups (broad SMARTS) is 2. The molecule has 104 valence electrons. The van der Waals surface area contributed by atoms with Gasteiger partial charge in [-0.25, -0.2) is 9.59 Å². The number of carboxylic acids is 1. The predicted molar refractivity (Wildman–Crippen MR) is 69.4 cm³/mol. The molecule has 19 heavy (non-hydrogen) atoms. The van der Waals surface area contributed by atoms with Crippen molar-refractivity contribution in [3.63, 3.8) is 0 Å². The number of amides is 1. The average molecular weight is 267 g/mol. The van der Waals surface area contributed by atoms with Gasteiger partial charge in [0.1, 0.15) is 0 Å². The number of hydrogen-bond donors (Lipinski definition) is 3. The van der Waals surface area contributed by atoms with Gasteiger partial charge in [-0.05, 0) is 27.2 Å². The Morgan fingerprint density at radius 1 is 1.37 bits per heavy atom. The number of anilines is 1. The lowest BCUT2D eigenvalue weighted by Gasteiger charge is -2.18. The lowest BCUT2D eigenvalue weighted by Crippen LogP contribution is -2.31. The highest BCUT2D eigenvalue weighted by atomic mass is 16.4. The van der Waals surface area contributed by atoms with Gasteiger partial charge in [0.2, 0.25) is 0 Å². The summed E-state index contributed by atoms with van der Waals surface area (Å²) in [6, 6.07) is 0. The van der Waals surface area contributed by atoms with Gasteiger partial charge in [0.25, 0.3) is 0 Å². The van der Waals surface area contributed by atoms with Crippen molar-refractivity contribution in [1.29, 1.82) is 0 Å². The molecule has 3 N–H and O–H groups in total. The van der Waals surface area contributed by atoms with Gasteiger partial charge in [-0.3, -0.25) is 10.00 Å². The third kappa shape index (κ3) is 3.57. The summed E-state index contributed by atoms with van der Waals surface area (Å²) in [6.07, 6.45) is 0.742. The van der Waals surface area contributed by atoms with E-state index < -0.39 is 12.1 Å². The van der Waals surface area contributed by atoms with Gasteiger partial charge in [-0.1, -0.05) is 6.08 Å². The van der Waals surface area contributed by atoms with Crippen LogP contribution in [0.2, 0.25) is 0 Å². The fraction of sp³-hybridized carbons (Fsp3) is 0.417. The van der Waals surface area contributed by atoms with Crippen molar-refractivity contribution in [3.8, 4) is 0 Å². The van der Waals surface area contributed by atoms with Crippen molar-refractivity contribution >= 4 is 17.7 Å². The molecule has 0 aliphatic heterocycles. The molecule has 0 saturated carbocycles. The summed E-state index contributed by atoms with van der Waals surface area (Å²) in [5.74, 6) is -1.00. The molecule has 0 spiro atoms. The van der Waals surface area contributed by atoms with E-state index in [4.69, 9.17) is 5.11 Å². The van der Waals surface area contributed by atoms with E-state index in [-0.39, 0.29) is 12.1 Å². The van der Waals surface area contributed by atoms with Crippen LogP contribution in [0.25, 0.3) is 0 Å². The predicted octanol–water partition coefficient (Wildman–Crippen LogP) is 1.93. The fourth-order valence-corrected chi connectivity index (χ4v) is 1.74. The summed E-state index contributed by atoms with van der Waals surface area (Å²) in [4.78, 5) is 23.1. The van der Waals surface area contributed by atoms with Crippen LogP contribution < -0.4 is 4.90 Å². The molecule has 1 aromatic rings. The van der Waals surface area contributed by atoms with Gasteiger partial charge in [0.15, 0.2) is 0 Å². The van der Waals surface area contributed by atoms with Crippen molar-refractivity contribution in [1.82, 2.24) is 10.2 Å². The zero-order valence-corrected chi connectivity index (χ0v) is 11.1. The Morgan fingerprint density at radius 2 is 2.00 bits per heavy atom. The molecule has 0 aliphatic carbocycles. The third-order valence-electron chi connectivity index (χ3n) is 2.73. The van der Waals surface area contributed by atoms with Crippen LogP contribution in [0, 0.1) is 13.8 Å².